The largest absolute Gasteiger partial charge is 0.298 e. The predicted molar refractivity (Wildman–Crippen MR) is 167 cm³/mol. The standard InChI is InChI=1S/C35H73N/c1-6-9-12-15-18-21-24-27-30-33-36(34-31-28-25-22-19-16-13-10-7-2)35(4,5)32-29-26-23-20-17-14-11-8-3/h6-34H2,1-5H3. The average molecular weight is 508 g/mol. The predicted octanol–water partition coefficient (Wildman–Crippen LogP) is 12.7. The lowest BCUT2D eigenvalue weighted by Crippen LogP contribution is -2.45. The van der Waals surface area contributed by atoms with Crippen molar-refractivity contribution in [1.29, 1.82) is 0 Å². The molecule has 218 valence electrons. The minimum atomic E-state index is 0.377. The molecule has 0 unspecified atom stereocenters. The molecule has 0 aromatic rings. The third kappa shape index (κ3) is 24.3. The zero-order valence-corrected chi connectivity index (χ0v) is 26.5. The highest BCUT2D eigenvalue weighted by Crippen LogP contribution is 2.25. The van der Waals surface area contributed by atoms with E-state index < -0.39 is 0 Å². The van der Waals surface area contributed by atoms with Crippen molar-refractivity contribution in [1.82, 2.24) is 4.90 Å². The number of rotatable bonds is 30. The van der Waals surface area contributed by atoms with E-state index in [2.05, 4.69) is 39.5 Å². The Morgan fingerprint density at radius 3 is 0.889 bits per heavy atom. The molecule has 0 heterocycles. The highest BCUT2D eigenvalue weighted by atomic mass is 15.2. The van der Waals surface area contributed by atoms with E-state index in [1.807, 2.05) is 0 Å². The first-order valence-corrected chi connectivity index (χ1v) is 17.3. The van der Waals surface area contributed by atoms with Crippen LogP contribution in [0, 0.1) is 0 Å². The Morgan fingerprint density at radius 1 is 0.333 bits per heavy atom. The van der Waals surface area contributed by atoms with Crippen molar-refractivity contribution >= 4 is 0 Å². The van der Waals surface area contributed by atoms with E-state index in [0.717, 1.165) is 0 Å². The Morgan fingerprint density at radius 2 is 0.583 bits per heavy atom. The lowest BCUT2D eigenvalue weighted by Gasteiger charge is -2.39. The summed E-state index contributed by atoms with van der Waals surface area (Å²) in [5.74, 6) is 0. The van der Waals surface area contributed by atoms with Gasteiger partial charge in [0.1, 0.15) is 0 Å². The summed E-state index contributed by atoms with van der Waals surface area (Å²) in [6, 6.07) is 0. The Balaban J connectivity index is 4.23. The van der Waals surface area contributed by atoms with Crippen LogP contribution < -0.4 is 0 Å². The lowest BCUT2D eigenvalue weighted by molar-refractivity contribution is 0.102. The first-order valence-electron chi connectivity index (χ1n) is 17.3. The first-order chi connectivity index (χ1) is 17.6. The summed E-state index contributed by atoms with van der Waals surface area (Å²) < 4.78 is 0. The SMILES string of the molecule is CCCCCCCCCCCN(CCCCCCCCCCC)C(C)(C)CCCCCCCCCC. The van der Waals surface area contributed by atoms with E-state index in [1.54, 1.807) is 0 Å². The molecule has 0 fully saturated rings. The topological polar surface area (TPSA) is 3.24 Å². The van der Waals surface area contributed by atoms with Gasteiger partial charge in [0.05, 0.1) is 0 Å². The maximum absolute atomic E-state index is 2.90. The molecule has 1 nitrogen and oxygen atoms in total. The summed E-state index contributed by atoms with van der Waals surface area (Å²) in [4.78, 5) is 2.90. The van der Waals surface area contributed by atoms with Crippen LogP contribution in [0.25, 0.3) is 0 Å². The lowest BCUT2D eigenvalue weighted by atomic mass is 9.92. The van der Waals surface area contributed by atoms with Gasteiger partial charge in [-0.25, -0.2) is 0 Å². The average Bonchev–Trinajstić information content (AvgIpc) is 2.86. The molecule has 0 amide bonds. The molecule has 0 aromatic heterocycles. The minimum Gasteiger partial charge on any atom is -0.298 e. The van der Waals surface area contributed by atoms with Gasteiger partial charge in [0, 0.05) is 5.54 Å². The molecular formula is C35H73N. The van der Waals surface area contributed by atoms with Gasteiger partial charge in [0.2, 0.25) is 0 Å². The Hall–Kier alpha value is -0.0400. The molecule has 0 spiro atoms. The van der Waals surface area contributed by atoms with Crippen molar-refractivity contribution in [2.45, 2.75) is 214 Å². The normalized spacial score (nSPS) is 12.2. The molecule has 0 atom stereocenters. The second-order valence-electron chi connectivity index (χ2n) is 12.7. The highest BCUT2D eigenvalue weighted by molar-refractivity contribution is 4.81. The third-order valence-corrected chi connectivity index (χ3v) is 8.56. The quantitative estimate of drug-likeness (QED) is 0.0873. The molecule has 0 rings (SSSR count). The molecular weight excluding hydrogens is 434 g/mol. The van der Waals surface area contributed by atoms with E-state index >= 15 is 0 Å². The maximum Gasteiger partial charge on any atom is 0.0153 e. The van der Waals surface area contributed by atoms with Crippen LogP contribution in [0.5, 0.6) is 0 Å². The van der Waals surface area contributed by atoms with Crippen molar-refractivity contribution in [2.75, 3.05) is 13.1 Å². The number of hydrogen-bond donors (Lipinski definition) is 0. The number of nitrogens with zero attached hydrogens (tertiary/aromatic N) is 1. The van der Waals surface area contributed by atoms with Crippen LogP contribution >= 0.6 is 0 Å². The van der Waals surface area contributed by atoms with Crippen molar-refractivity contribution in [3.63, 3.8) is 0 Å². The molecule has 0 saturated carbocycles. The van der Waals surface area contributed by atoms with Gasteiger partial charge in [-0.2, -0.15) is 0 Å². The van der Waals surface area contributed by atoms with Gasteiger partial charge in [0.25, 0.3) is 0 Å². The van der Waals surface area contributed by atoms with Crippen LogP contribution in [0.2, 0.25) is 0 Å². The van der Waals surface area contributed by atoms with Crippen molar-refractivity contribution < 1.29 is 0 Å². The Kier molecular flexibility index (Phi) is 27.9. The van der Waals surface area contributed by atoms with E-state index in [-0.39, 0.29) is 0 Å². The van der Waals surface area contributed by atoms with Gasteiger partial charge in [0.15, 0.2) is 0 Å². The number of unbranched alkanes of at least 4 members (excludes halogenated alkanes) is 23. The Bertz CT molecular complexity index is 379. The van der Waals surface area contributed by atoms with Crippen LogP contribution in [0.4, 0.5) is 0 Å². The van der Waals surface area contributed by atoms with Crippen molar-refractivity contribution in [3.05, 3.63) is 0 Å². The molecule has 0 N–H and O–H groups in total. The molecule has 0 aromatic carbocycles. The first kappa shape index (κ1) is 36.0. The highest BCUT2D eigenvalue weighted by Gasteiger charge is 2.25. The molecule has 0 aliphatic heterocycles. The molecule has 0 radical (unpaired) electrons. The fourth-order valence-electron chi connectivity index (χ4n) is 5.79. The molecule has 1 heteroatoms. The van der Waals surface area contributed by atoms with Crippen LogP contribution in [0.15, 0.2) is 0 Å². The van der Waals surface area contributed by atoms with Gasteiger partial charge in [-0.1, -0.05) is 175 Å². The molecule has 0 aliphatic rings. The smallest absolute Gasteiger partial charge is 0.0153 e. The summed E-state index contributed by atoms with van der Waals surface area (Å²) in [5, 5.41) is 0. The third-order valence-electron chi connectivity index (χ3n) is 8.56. The van der Waals surface area contributed by atoms with Gasteiger partial charge in [-0.05, 0) is 46.2 Å². The fourth-order valence-corrected chi connectivity index (χ4v) is 5.79. The van der Waals surface area contributed by atoms with Gasteiger partial charge in [-0.15, -0.1) is 0 Å². The van der Waals surface area contributed by atoms with Crippen LogP contribution in [0.3, 0.4) is 0 Å². The second kappa shape index (κ2) is 28.0. The van der Waals surface area contributed by atoms with Crippen molar-refractivity contribution in [2.24, 2.45) is 0 Å². The number of hydrogen-bond acceptors (Lipinski definition) is 1. The summed E-state index contributed by atoms with van der Waals surface area (Å²) in [7, 11) is 0. The summed E-state index contributed by atoms with van der Waals surface area (Å²) >= 11 is 0. The zero-order chi connectivity index (χ0) is 26.6. The van der Waals surface area contributed by atoms with E-state index in [4.69, 9.17) is 0 Å². The fraction of sp³-hybridized carbons (Fsp3) is 1.00. The minimum absolute atomic E-state index is 0.377. The van der Waals surface area contributed by atoms with Gasteiger partial charge >= 0.3 is 0 Å². The summed E-state index contributed by atoms with van der Waals surface area (Å²) in [6.07, 6.45) is 38.8. The Labute approximate surface area is 231 Å². The maximum atomic E-state index is 2.90. The molecule has 0 aliphatic carbocycles. The van der Waals surface area contributed by atoms with Crippen LogP contribution in [0.1, 0.15) is 208 Å². The molecule has 0 bridgehead atoms. The molecule has 0 saturated heterocycles. The van der Waals surface area contributed by atoms with Crippen LogP contribution in [-0.4, -0.2) is 23.5 Å². The van der Waals surface area contributed by atoms with Crippen LogP contribution in [-0.2, 0) is 0 Å². The zero-order valence-electron chi connectivity index (χ0n) is 26.5. The van der Waals surface area contributed by atoms with Gasteiger partial charge in [-0.3, -0.25) is 4.90 Å². The second-order valence-corrected chi connectivity index (χ2v) is 12.7. The summed E-state index contributed by atoms with van der Waals surface area (Å²) in [6.45, 7) is 14.7. The summed E-state index contributed by atoms with van der Waals surface area (Å²) in [5.41, 5.74) is 0.377. The van der Waals surface area contributed by atoms with Gasteiger partial charge < -0.3 is 0 Å². The van der Waals surface area contributed by atoms with E-state index in [9.17, 15) is 0 Å². The van der Waals surface area contributed by atoms with Crippen molar-refractivity contribution in [3.8, 4) is 0 Å². The van der Waals surface area contributed by atoms with E-state index in [0.29, 0.717) is 5.54 Å². The monoisotopic (exact) mass is 508 g/mol. The molecule has 36 heavy (non-hydrogen) atoms. The van der Waals surface area contributed by atoms with E-state index in [1.165, 1.54) is 186 Å².